The number of nitrogens with zero attached hydrogens (tertiary/aromatic N) is 2. The molecule has 96 valence electrons. The number of aromatic nitrogens is 2. The van der Waals surface area contributed by atoms with Gasteiger partial charge in [-0.15, -0.1) is 11.6 Å². The molecule has 0 amide bonds. The molecule has 1 aromatic heterocycles. The smallest absolute Gasteiger partial charge is 0.221 e. The minimum atomic E-state index is 0.135. The van der Waals surface area contributed by atoms with Crippen LogP contribution in [0.15, 0.2) is 6.33 Å². The Bertz CT molecular complexity index is 343. The summed E-state index contributed by atoms with van der Waals surface area (Å²) < 4.78 is 10.3. The topological polar surface area (TPSA) is 56.3 Å². The fourth-order valence-electron chi connectivity index (χ4n) is 1.51. The molecule has 1 N–H and O–H groups in total. The monoisotopic (exact) mass is 259 g/mol. The third-order valence-electron chi connectivity index (χ3n) is 2.40. The van der Waals surface area contributed by atoms with Crippen LogP contribution in [-0.2, 0) is 4.74 Å². The lowest BCUT2D eigenvalue weighted by Crippen LogP contribution is -2.26. The lowest BCUT2D eigenvalue weighted by Gasteiger charge is -2.19. The second-order valence-electron chi connectivity index (χ2n) is 3.63. The molecule has 0 fully saturated rings. The summed E-state index contributed by atoms with van der Waals surface area (Å²) in [5, 5.41) is 3.28. The van der Waals surface area contributed by atoms with Crippen molar-refractivity contribution in [2.45, 2.75) is 19.4 Å². The minimum absolute atomic E-state index is 0.135. The normalized spacial score (nSPS) is 12.2. The van der Waals surface area contributed by atoms with Crippen molar-refractivity contribution < 1.29 is 9.47 Å². The molecule has 0 aliphatic rings. The van der Waals surface area contributed by atoms with E-state index in [0.717, 1.165) is 17.8 Å². The van der Waals surface area contributed by atoms with Crippen LogP contribution in [0.3, 0.4) is 0 Å². The Morgan fingerprint density at radius 1 is 1.41 bits per heavy atom. The van der Waals surface area contributed by atoms with E-state index >= 15 is 0 Å². The van der Waals surface area contributed by atoms with E-state index in [1.165, 1.54) is 6.33 Å². The third kappa shape index (κ3) is 4.02. The summed E-state index contributed by atoms with van der Waals surface area (Å²) in [4.78, 5) is 8.22. The standard InChI is InChI=1S/C11H18ClN3O2/c1-8-10(13-7-14-11(8)17-3)15-9(4-5-12)6-16-2/h7,9H,4-6H2,1-3H3,(H,13,14,15). The van der Waals surface area contributed by atoms with E-state index in [1.54, 1.807) is 14.2 Å². The predicted molar refractivity (Wildman–Crippen MR) is 67.9 cm³/mol. The van der Waals surface area contributed by atoms with E-state index in [4.69, 9.17) is 21.1 Å². The first-order chi connectivity index (χ1) is 8.22. The molecule has 1 unspecified atom stereocenters. The molecule has 0 aliphatic carbocycles. The van der Waals surface area contributed by atoms with Gasteiger partial charge >= 0.3 is 0 Å². The number of nitrogens with one attached hydrogen (secondary N) is 1. The fraction of sp³-hybridized carbons (Fsp3) is 0.636. The quantitative estimate of drug-likeness (QED) is 0.758. The van der Waals surface area contributed by atoms with Crippen LogP contribution in [0, 0.1) is 6.92 Å². The first-order valence-corrected chi connectivity index (χ1v) is 5.93. The largest absolute Gasteiger partial charge is 0.481 e. The molecule has 5 nitrogen and oxygen atoms in total. The van der Waals surface area contributed by atoms with E-state index in [9.17, 15) is 0 Å². The number of hydrogen-bond donors (Lipinski definition) is 1. The molecule has 1 rings (SSSR count). The van der Waals surface area contributed by atoms with Gasteiger partial charge in [-0.3, -0.25) is 0 Å². The van der Waals surface area contributed by atoms with Gasteiger partial charge in [0.1, 0.15) is 12.1 Å². The highest BCUT2D eigenvalue weighted by molar-refractivity contribution is 6.17. The van der Waals surface area contributed by atoms with Crippen LogP contribution >= 0.6 is 11.6 Å². The number of halogens is 1. The van der Waals surface area contributed by atoms with E-state index in [1.807, 2.05) is 6.92 Å². The van der Waals surface area contributed by atoms with Crippen molar-refractivity contribution in [3.05, 3.63) is 11.9 Å². The van der Waals surface area contributed by atoms with Gasteiger partial charge in [-0.2, -0.15) is 0 Å². The maximum absolute atomic E-state index is 5.74. The Kier molecular flexibility index (Phi) is 6.00. The van der Waals surface area contributed by atoms with Crippen LogP contribution in [0.4, 0.5) is 5.82 Å². The molecule has 0 saturated carbocycles. The van der Waals surface area contributed by atoms with Crippen LogP contribution in [0.1, 0.15) is 12.0 Å². The number of methoxy groups -OCH3 is 2. The summed E-state index contributed by atoms with van der Waals surface area (Å²) in [6.07, 6.45) is 2.28. The lowest BCUT2D eigenvalue weighted by molar-refractivity contribution is 0.184. The van der Waals surface area contributed by atoms with Crippen molar-refractivity contribution >= 4 is 17.4 Å². The summed E-state index contributed by atoms with van der Waals surface area (Å²) in [7, 11) is 3.25. The molecule has 0 radical (unpaired) electrons. The number of hydrogen-bond acceptors (Lipinski definition) is 5. The average Bonchev–Trinajstić information content (AvgIpc) is 2.32. The predicted octanol–water partition coefficient (Wildman–Crippen LogP) is 1.85. The molecule has 6 heteroatoms. The molecular weight excluding hydrogens is 242 g/mol. The summed E-state index contributed by atoms with van der Waals surface area (Å²) in [5.41, 5.74) is 0.880. The first kappa shape index (κ1) is 14.0. The van der Waals surface area contributed by atoms with Crippen molar-refractivity contribution in [1.82, 2.24) is 9.97 Å². The van der Waals surface area contributed by atoms with Crippen LogP contribution in [0.5, 0.6) is 5.88 Å². The van der Waals surface area contributed by atoms with E-state index < -0.39 is 0 Å². The molecule has 1 atom stereocenters. The Morgan fingerprint density at radius 3 is 2.76 bits per heavy atom. The molecule has 0 spiro atoms. The number of rotatable bonds is 7. The number of anilines is 1. The SMILES string of the molecule is COCC(CCCl)Nc1ncnc(OC)c1C. The number of alkyl halides is 1. The zero-order valence-corrected chi connectivity index (χ0v) is 11.1. The van der Waals surface area contributed by atoms with Crippen molar-refractivity contribution in [2.75, 3.05) is 32.0 Å². The van der Waals surface area contributed by atoms with Gasteiger partial charge in [0.05, 0.1) is 25.3 Å². The Morgan fingerprint density at radius 2 is 2.18 bits per heavy atom. The van der Waals surface area contributed by atoms with Gasteiger partial charge in [-0.05, 0) is 13.3 Å². The van der Waals surface area contributed by atoms with Gasteiger partial charge in [-0.25, -0.2) is 9.97 Å². The maximum Gasteiger partial charge on any atom is 0.221 e. The highest BCUT2D eigenvalue weighted by atomic mass is 35.5. The summed E-state index contributed by atoms with van der Waals surface area (Å²) in [6.45, 7) is 2.49. The van der Waals surface area contributed by atoms with Crippen molar-refractivity contribution in [3.8, 4) is 5.88 Å². The van der Waals surface area contributed by atoms with Gasteiger partial charge in [0.25, 0.3) is 0 Å². The molecule has 0 bridgehead atoms. The van der Waals surface area contributed by atoms with Crippen LogP contribution in [-0.4, -0.2) is 42.7 Å². The average molecular weight is 260 g/mol. The fourth-order valence-corrected chi connectivity index (χ4v) is 1.77. The second kappa shape index (κ2) is 7.29. The summed E-state index contributed by atoms with van der Waals surface area (Å²) in [6, 6.07) is 0.135. The lowest BCUT2D eigenvalue weighted by atomic mass is 10.2. The van der Waals surface area contributed by atoms with Gasteiger partial charge in [0.2, 0.25) is 5.88 Å². The van der Waals surface area contributed by atoms with E-state index in [2.05, 4.69) is 15.3 Å². The summed E-state index contributed by atoms with van der Waals surface area (Å²) >= 11 is 5.74. The third-order valence-corrected chi connectivity index (χ3v) is 2.62. The van der Waals surface area contributed by atoms with Gasteiger partial charge in [0.15, 0.2) is 0 Å². The highest BCUT2D eigenvalue weighted by Gasteiger charge is 2.12. The molecule has 0 saturated heterocycles. The molecular formula is C11H18ClN3O2. The summed E-state index contributed by atoms with van der Waals surface area (Å²) in [5.74, 6) is 1.90. The zero-order chi connectivity index (χ0) is 12.7. The Balaban J connectivity index is 2.77. The van der Waals surface area contributed by atoms with Crippen LogP contribution in [0.2, 0.25) is 0 Å². The van der Waals surface area contributed by atoms with Crippen molar-refractivity contribution in [3.63, 3.8) is 0 Å². The molecule has 0 aliphatic heterocycles. The van der Waals surface area contributed by atoms with Gasteiger partial charge in [0, 0.05) is 13.0 Å². The van der Waals surface area contributed by atoms with E-state index in [0.29, 0.717) is 18.4 Å². The van der Waals surface area contributed by atoms with Crippen LogP contribution in [0.25, 0.3) is 0 Å². The minimum Gasteiger partial charge on any atom is -0.481 e. The Labute approximate surface area is 107 Å². The first-order valence-electron chi connectivity index (χ1n) is 5.40. The van der Waals surface area contributed by atoms with Crippen molar-refractivity contribution in [2.24, 2.45) is 0 Å². The molecule has 0 aromatic carbocycles. The van der Waals surface area contributed by atoms with Gasteiger partial charge < -0.3 is 14.8 Å². The zero-order valence-electron chi connectivity index (χ0n) is 10.4. The Hall–Kier alpha value is -1.07. The van der Waals surface area contributed by atoms with Crippen LogP contribution < -0.4 is 10.1 Å². The molecule has 1 aromatic rings. The molecule has 17 heavy (non-hydrogen) atoms. The second-order valence-corrected chi connectivity index (χ2v) is 4.01. The van der Waals surface area contributed by atoms with Gasteiger partial charge in [-0.1, -0.05) is 0 Å². The number of ether oxygens (including phenoxy) is 2. The highest BCUT2D eigenvalue weighted by Crippen LogP contribution is 2.20. The molecule has 1 heterocycles. The van der Waals surface area contributed by atoms with E-state index in [-0.39, 0.29) is 6.04 Å². The maximum atomic E-state index is 5.74. The van der Waals surface area contributed by atoms with Crippen molar-refractivity contribution in [1.29, 1.82) is 0 Å².